The third kappa shape index (κ3) is 11.7. The molecule has 1 aliphatic carbocycles. The average Bonchev–Trinajstić information content (AvgIpc) is 4.36. The number of piperazine rings is 1. The molecule has 0 radical (unpaired) electrons. The number of hydrogen-bond donors (Lipinski definition) is 4. The van der Waals surface area contributed by atoms with Crippen molar-refractivity contribution in [2.24, 2.45) is 5.92 Å². The summed E-state index contributed by atoms with van der Waals surface area (Å²) in [6.07, 6.45) is 7.13. The number of pyridine rings is 1. The number of carbonyl (C=O) groups excluding carboxylic acids is 2. The highest BCUT2D eigenvalue weighted by atomic mass is 32.1. The van der Waals surface area contributed by atoms with Gasteiger partial charge in [-0.2, -0.15) is 0 Å². The van der Waals surface area contributed by atoms with Crippen molar-refractivity contribution in [2.45, 2.75) is 127 Å². The number of aromatic hydroxyl groups is 1. The molecule has 5 N–H and O–H groups in total. The van der Waals surface area contributed by atoms with E-state index in [0.29, 0.717) is 53.5 Å². The molecule has 5 fully saturated rings. The number of fused-ring (bicyclic) bond motifs is 2. The van der Waals surface area contributed by atoms with Crippen LogP contribution in [-0.4, -0.2) is 153 Å². The number of piperidine rings is 1. The predicted molar refractivity (Wildman–Crippen MR) is 298 cm³/mol. The monoisotopic (exact) mass is 1100 g/mol. The van der Waals surface area contributed by atoms with Crippen LogP contribution in [0.5, 0.6) is 23.3 Å². The molecule has 2 unspecified atom stereocenters. The quantitative estimate of drug-likeness (QED) is 0.0629. The zero-order chi connectivity index (χ0) is 54.9. The molecule has 20 nitrogen and oxygen atoms in total. The van der Waals surface area contributed by atoms with E-state index in [1.165, 1.54) is 4.90 Å². The number of methoxy groups -OCH3 is 1. The number of phenols is 1. The molecular formula is C58H71N11O9S. The molecule has 4 aromatic heterocycles. The maximum Gasteiger partial charge on any atom is 0.254 e. The Morgan fingerprint density at radius 1 is 0.899 bits per heavy atom. The highest BCUT2D eigenvalue weighted by Gasteiger charge is 2.45. The first-order valence-corrected chi connectivity index (χ1v) is 28.6. The molecule has 4 saturated heterocycles. The van der Waals surface area contributed by atoms with Crippen LogP contribution in [0.3, 0.4) is 0 Å². The summed E-state index contributed by atoms with van der Waals surface area (Å²) in [6, 6.07) is 20.0. The minimum atomic E-state index is -0.875. The van der Waals surface area contributed by atoms with E-state index in [-0.39, 0.29) is 66.8 Å². The van der Waals surface area contributed by atoms with Crippen LogP contribution in [-0.2, 0) is 14.3 Å². The highest BCUT2D eigenvalue weighted by Crippen LogP contribution is 2.41. The Morgan fingerprint density at radius 2 is 1.68 bits per heavy atom. The van der Waals surface area contributed by atoms with E-state index >= 15 is 0 Å². The summed E-state index contributed by atoms with van der Waals surface area (Å²) in [5.74, 6) is 0.830. The zero-order valence-electron chi connectivity index (χ0n) is 45.4. The first-order chi connectivity index (χ1) is 38.3. The fourth-order valence-electron chi connectivity index (χ4n) is 12.2. The number of thiazole rings is 1. The summed E-state index contributed by atoms with van der Waals surface area (Å²) in [7, 11) is 1.60. The molecule has 11 rings (SSSR count). The summed E-state index contributed by atoms with van der Waals surface area (Å²) in [5.41, 5.74) is 14.1. The van der Waals surface area contributed by atoms with Crippen molar-refractivity contribution in [3.63, 3.8) is 0 Å². The second-order valence-electron chi connectivity index (χ2n) is 22.1. The number of hydrogen-bond acceptors (Lipinski definition) is 19. The second-order valence-corrected chi connectivity index (χ2v) is 22.9. The van der Waals surface area contributed by atoms with Crippen LogP contribution in [0, 0.1) is 12.8 Å². The van der Waals surface area contributed by atoms with Crippen LogP contribution < -0.4 is 35.1 Å². The minimum absolute atomic E-state index is 0.0284. The first kappa shape index (κ1) is 53.9. The molecule has 2 aromatic carbocycles. The average molecular weight is 1100 g/mol. The lowest BCUT2D eigenvalue weighted by atomic mass is 9.91. The lowest BCUT2D eigenvalue weighted by molar-refractivity contribution is -0.141. The van der Waals surface area contributed by atoms with E-state index in [2.05, 4.69) is 57.5 Å². The lowest BCUT2D eigenvalue weighted by Crippen LogP contribution is -2.54. The van der Waals surface area contributed by atoms with E-state index in [9.17, 15) is 19.8 Å². The van der Waals surface area contributed by atoms with E-state index in [4.69, 9.17) is 29.2 Å². The number of amides is 2. The molecule has 6 aromatic rings. The molecule has 2 amide bonds. The summed E-state index contributed by atoms with van der Waals surface area (Å²) in [6.45, 7) is 12.2. The molecule has 21 heteroatoms. The molecule has 0 spiro atoms. The van der Waals surface area contributed by atoms with Gasteiger partial charge in [0, 0.05) is 106 Å². The zero-order valence-corrected chi connectivity index (χ0v) is 46.3. The number of anilines is 3. The van der Waals surface area contributed by atoms with Crippen molar-refractivity contribution in [1.29, 1.82) is 0 Å². The Hall–Kier alpha value is -7.07. The predicted octanol–water partition coefficient (Wildman–Crippen LogP) is 7.16. The van der Waals surface area contributed by atoms with Gasteiger partial charge < -0.3 is 59.4 Å². The highest BCUT2D eigenvalue weighted by molar-refractivity contribution is 7.13. The number of nitrogens with two attached hydrogens (primary N) is 1. The van der Waals surface area contributed by atoms with E-state index in [0.717, 1.165) is 97.8 Å². The van der Waals surface area contributed by atoms with Crippen LogP contribution in [0.15, 0.2) is 83.0 Å². The number of aliphatic hydroxyl groups is 1. The molecule has 79 heavy (non-hydrogen) atoms. The van der Waals surface area contributed by atoms with Crippen molar-refractivity contribution in [3.05, 3.63) is 95.5 Å². The number of nitrogen functional groups attached to an aromatic ring is 1. The van der Waals surface area contributed by atoms with Gasteiger partial charge in [0.15, 0.2) is 11.6 Å². The summed E-state index contributed by atoms with van der Waals surface area (Å²) >= 11 is 1.55. The van der Waals surface area contributed by atoms with E-state index < -0.39 is 24.1 Å². The Balaban J connectivity index is 0.606. The van der Waals surface area contributed by atoms with Crippen LogP contribution in [0.4, 0.5) is 17.2 Å². The standard InChI is InChI=1S/C58H71N11O9S/c1-33(2)54(58(73)68-31-40(70)24-48(68)57(72)62-34(3)44-13-10-36(22-50(44)74-5)55-35(4)61-32-79-55)51-28-53(65-78-51)75-21-20-66-18-15-41(16-19-66)76-42-25-43(26-42)77-52-23-37(14-17-60-52)69-38-11-12-39(69)30-67(29-38)47-27-46(63-64-56(47)59)45-8-6-7-9-49(45)71/h6-10,13-14,17,22-23,27-28,32-34,38-43,48,54,70-71H,11-12,15-16,18-21,24-26,29-31H2,1-5H3,(H2,59,64)(H,62,72)/t34-,38?,39?,40+,42?,43?,48-,54-/m0/s1. The van der Waals surface area contributed by atoms with Gasteiger partial charge in [-0.3, -0.25) is 14.5 Å². The van der Waals surface area contributed by atoms with Crippen LogP contribution in [0.1, 0.15) is 94.7 Å². The molecule has 4 aliphatic heterocycles. The summed E-state index contributed by atoms with van der Waals surface area (Å²) < 4.78 is 30.5. The van der Waals surface area contributed by atoms with Crippen LogP contribution in [0.25, 0.3) is 21.7 Å². The first-order valence-electron chi connectivity index (χ1n) is 27.7. The Labute approximate surface area is 464 Å². The SMILES string of the molecule is COc1cc(-c2scnc2C)ccc1[C@H](C)NC(=O)[C@@H]1C[C@@H](O)CN1C(=O)[C@H](c1cc(OCCN2CCC(OC3CC(Oc4cc(N5C6CCC5CN(c5cc(-c7ccccc7O)nnc5N)C6)ccn4)C3)CC2)no1)C(C)C. The van der Waals surface area contributed by atoms with Gasteiger partial charge >= 0.3 is 0 Å². The van der Waals surface area contributed by atoms with Crippen molar-refractivity contribution >= 4 is 40.3 Å². The third-order valence-corrected chi connectivity index (χ3v) is 17.4. The molecule has 2 bridgehead atoms. The van der Waals surface area contributed by atoms with E-state index in [1.54, 1.807) is 36.6 Å². The molecule has 418 valence electrons. The van der Waals surface area contributed by atoms with Gasteiger partial charge in [0.25, 0.3) is 5.88 Å². The molecule has 1 saturated carbocycles. The van der Waals surface area contributed by atoms with E-state index in [1.807, 2.05) is 75.8 Å². The van der Waals surface area contributed by atoms with Crippen molar-refractivity contribution in [1.82, 2.24) is 40.4 Å². The normalized spacial score (nSPS) is 23.2. The van der Waals surface area contributed by atoms with Crippen molar-refractivity contribution in [2.75, 3.05) is 68.5 Å². The number of ether oxygens (including phenoxy) is 4. The maximum atomic E-state index is 14.3. The van der Waals surface area contributed by atoms with Gasteiger partial charge in [-0.05, 0) is 86.5 Å². The van der Waals surface area contributed by atoms with Crippen molar-refractivity contribution in [3.8, 4) is 45.0 Å². The number of rotatable bonds is 19. The number of nitrogens with one attached hydrogen (secondary N) is 1. The number of aromatic nitrogens is 5. The van der Waals surface area contributed by atoms with Gasteiger partial charge in [0.1, 0.15) is 36.2 Å². The molecule has 6 atom stereocenters. The number of benzene rings is 2. The van der Waals surface area contributed by atoms with Gasteiger partial charge in [-0.15, -0.1) is 21.5 Å². The van der Waals surface area contributed by atoms with Crippen LogP contribution in [0.2, 0.25) is 0 Å². The minimum Gasteiger partial charge on any atom is -0.507 e. The second kappa shape index (κ2) is 23.3. The topological polar surface area (TPSA) is 240 Å². The summed E-state index contributed by atoms with van der Waals surface area (Å²) in [4.78, 5) is 46.9. The number of phenolic OH excluding ortho intramolecular Hbond substituents is 1. The Morgan fingerprint density at radius 3 is 2.42 bits per heavy atom. The third-order valence-electron chi connectivity index (χ3n) is 16.4. The smallest absolute Gasteiger partial charge is 0.254 e. The number of aliphatic hydroxyl groups excluding tert-OH is 1. The Kier molecular flexibility index (Phi) is 15.9. The summed E-state index contributed by atoms with van der Waals surface area (Å²) in [5, 5.41) is 37.1. The molecular weight excluding hydrogens is 1030 g/mol. The van der Waals surface area contributed by atoms with Gasteiger partial charge in [0.05, 0.1) is 58.9 Å². The number of aryl methyl sites for hydroxylation is 1. The van der Waals surface area contributed by atoms with Gasteiger partial charge in [-0.1, -0.05) is 38.1 Å². The number of β-amino-alcohol motifs (C(OH)–C–C–N with tert-alkyl or cyclic N) is 1. The largest absolute Gasteiger partial charge is 0.507 e. The molecule has 8 heterocycles. The van der Waals surface area contributed by atoms with Crippen LogP contribution >= 0.6 is 11.3 Å². The number of likely N-dealkylation sites (tertiary alicyclic amines) is 2. The number of nitrogens with zero attached hydrogens (tertiary/aromatic N) is 9. The fourth-order valence-corrected chi connectivity index (χ4v) is 13.0. The fraction of sp³-hybridized carbons (Fsp3) is 0.500. The number of carbonyl (C=O) groups is 2. The van der Waals surface area contributed by atoms with Gasteiger partial charge in [0.2, 0.25) is 17.7 Å². The molecule has 5 aliphatic rings. The maximum absolute atomic E-state index is 14.3. The van der Waals surface area contributed by atoms with Gasteiger partial charge in [-0.25, -0.2) is 9.97 Å². The Bertz CT molecular complexity index is 3090. The number of para-hydroxylation sites is 1. The lowest BCUT2D eigenvalue weighted by Gasteiger charge is -2.43. The van der Waals surface area contributed by atoms with Crippen molar-refractivity contribution < 1.29 is 43.3 Å².